The Kier molecular flexibility index (Phi) is 8.35. The van der Waals surface area contributed by atoms with Gasteiger partial charge in [0.15, 0.2) is 0 Å². The van der Waals surface area contributed by atoms with Crippen molar-refractivity contribution in [2.45, 2.75) is 51.6 Å². The molecule has 2 aliphatic rings. The number of amides is 3. The van der Waals surface area contributed by atoms with Crippen LogP contribution in [-0.4, -0.2) is 104 Å². The van der Waals surface area contributed by atoms with Crippen molar-refractivity contribution in [3.63, 3.8) is 0 Å². The lowest BCUT2D eigenvalue weighted by Gasteiger charge is -2.39. The normalized spacial score (nSPS) is 21.1. The fourth-order valence-electron chi connectivity index (χ4n) is 4.04. The van der Waals surface area contributed by atoms with Gasteiger partial charge >= 0.3 is 6.03 Å². The van der Waals surface area contributed by atoms with Crippen LogP contribution in [0.15, 0.2) is 0 Å². The Labute approximate surface area is 164 Å². The van der Waals surface area contributed by atoms with E-state index in [9.17, 15) is 9.59 Å². The second kappa shape index (κ2) is 10.3. The maximum atomic E-state index is 12.3. The van der Waals surface area contributed by atoms with E-state index in [2.05, 4.69) is 18.7 Å². The molecule has 7 heteroatoms. The molecule has 3 amide bonds. The molecule has 0 radical (unpaired) electrons. The third kappa shape index (κ3) is 6.35. The first-order valence-electron chi connectivity index (χ1n) is 10.3. The van der Waals surface area contributed by atoms with Crippen LogP contribution in [0.3, 0.4) is 0 Å². The average molecular weight is 383 g/mol. The van der Waals surface area contributed by atoms with E-state index in [0.29, 0.717) is 24.4 Å². The van der Waals surface area contributed by atoms with Crippen molar-refractivity contribution in [3.8, 4) is 0 Å². The largest absolute Gasteiger partial charge is 0.381 e. The van der Waals surface area contributed by atoms with Crippen LogP contribution in [-0.2, 0) is 9.53 Å². The van der Waals surface area contributed by atoms with Gasteiger partial charge in [-0.1, -0.05) is 13.8 Å². The van der Waals surface area contributed by atoms with Gasteiger partial charge in [0.2, 0.25) is 5.91 Å². The van der Waals surface area contributed by atoms with E-state index in [4.69, 9.17) is 4.74 Å². The first-order valence-corrected chi connectivity index (χ1v) is 10.3. The summed E-state index contributed by atoms with van der Waals surface area (Å²) in [4.78, 5) is 32.6. The number of hydrogen-bond acceptors (Lipinski definition) is 4. The van der Waals surface area contributed by atoms with E-state index in [-0.39, 0.29) is 11.9 Å². The van der Waals surface area contributed by atoms with Gasteiger partial charge in [0.25, 0.3) is 0 Å². The summed E-state index contributed by atoms with van der Waals surface area (Å²) in [6, 6.07) is 0.936. The van der Waals surface area contributed by atoms with Gasteiger partial charge in [0, 0.05) is 79.0 Å². The van der Waals surface area contributed by atoms with E-state index in [0.717, 1.165) is 58.7 Å². The molecule has 0 spiro atoms. The second-order valence-electron chi connectivity index (χ2n) is 8.56. The summed E-state index contributed by atoms with van der Waals surface area (Å²) >= 11 is 0. The zero-order chi connectivity index (χ0) is 20.0. The van der Waals surface area contributed by atoms with Crippen LogP contribution >= 0.6 is 0 Å². The number of urea groups is 1. The van der Waals surface area contributed by atoms with Gasteiger partial charge in [0.05, 0.1) is 0 Å². The minimum Gasteiger partial charge on any atom is -0.381 e. The number of carbonyl (C=O) groups excluding carboxylic acids is 2. The van der Waals surface area contributed by atoms with Gasteiger partial charge in [0.1, 0.15) is 0 Å². The summed E-state index contributed by atoms with van der Waals surface area (Å²) in [5.41, 5.74) is 0. The van der Waals surface area contributed by atoms with Crippen molar-refractivity contribution in [1.29, 1.82) is 0 Å². The Morgan fingerprint density at radius 1 is 1.04 bits per heavy atom. The van der Waals surface area contributed by atoms with Gasteiger partial charge in [-0.15, -0.1) is 0 Å². The lowest BCUT2D eigenvalue weighted by atomic mass is 10.0. The SMILES string of the molecule is CC(C)CC(=O)N(C)CCN(C1CCOCC1)C1CCN(C(=O)N(C)C)C1. The molecule has 2 saturated heterocycles. The standard InChI is InChI=1S/C20H38N4O3/c1-16(2)14-19(25)22(5)10-11-24(17-7-12-27-13-8-17)18-6-9-23(15-18)20(26)21(3)4/h16-18H,6-15H2,1-5H3. The third-order valence-corrected chi connectivity index (χ3v) is 5.65. The minimum absolute atomic E-state index is 0.0913. The topological polar surface area (TPSA) is 56.3 Å². The molecular weight excluding hydrogens is 344 g/mol. The van der Waals surface area contributed by atoms with E-state index in [1.807, 2.05) is 16.8 Å². The zero-order valence-corrected chi connectivity index (χ0v) is 17.8. The molecule has 0 aromatic carbocycles. The van der Waals surface area contributed by atoms with Gasteiger partial charge in [-0.3, -0.25) is 9.69 Å². The lowest BCUT2D eigenvalue weighted by molar-refractivity contribution is -0.131. The maximum Gasteiger partial charge on any atom is 0.319 e. The molecule has 1 atom stereocenters. The molecule has 1 unspecified atom stereocenters. The van der Waals surface area contributed by atoms with Crippen LogP contribution in [0.25, 0.3) is 0 Å². The smallest absolute Gasteiger partial charge is 0.319 e. The van der Waals surface area contributed by atoms with E-state index < -0.39 is 0 Å². The van der Waals surface area contributed by atoms with Crippen molar-refractivity contribution in [2.75, 3.05) is 60.5 Å². The molecule has 0 bridgehead atoms. The van der Waals surface area contributed by atoms with E-state index >= 15 is 0 Å². The first kappa shape index (κ1) is 22.0. The summed E-state index contributed by atoms with van der Waals surface area (Å²) in [6.07, 6.45) is 3.66. The second-order valence-corrected chi connectivity index (χ2v) is 8.56. The summed E-state index contributed by atoms with van der Waals surface area (Å²) in [7, 11) is 5.52. The van der Waals surface area contributed by atoms with E-state index in [1.165, 1.54) is 0 Å². The van der Waals surface area contributed by atoms with E-state index in [1.54, 1.807) is 19.0 Å². The number of hydrogen-bond donors (Lipinski definition) is 0. The predicted octanol–water partition coefficient (Wildman–Crippen LogP) is 1.73. The van der Waals surface area contributed by atoms with Gasteiger partial charge < -0.3 is 19.4 Å². The Balaban J connectivity index is 1.97. The zero-order valence-electron chi connectivity index (χ0n) is 17.8. The summed E-state index contributed by atoms with van der Waals surface area (Å²) in [5.74, 6) is 0.597. The summed E-state index contributed by atoms with van der Waals surface area (Å²) in [6.45, 7) is 8.94. The van der Waals surface area contributed by atoms with Crippen LogP contribution in [0.4, 0.5) is 4.79 Å². The molecule has 0 aromatic heterocycles. The molecule has 0 N–H and O–H groups in total. The number of likely N-dealkylation sites (N-methyl/N-ethyl adjacent to an activating group) is 1. The van der Waals surface area contributed by atoms with Crippen molar-refractivity contribution in [3.05, 3.63) is 0 Å². The lowest BCUT2D eigenvalue weighted by Crippen LogP contribution is -2.50. The van der Waals surface area contributed by atoms with Gasteiger partial charge in [-0.05, 0) is 25.2 Å². The number of carbonyl (C=O) groups is 2. The minimum atomic E-state index is 0.0913. The predicted molar refractivity (Wildman–Crippen MR) is 107 cm³/mol. The highest BCUT2D eigenvalue weighted by Gasteiger charge is 2.35. The fraction of sp³-hybridized carbons (Fsp3) is 0.900. The molecule has 0 aromatic rings. The highest BCUT2D eigenvalue weighted by Crippen LogP contribution is 2.23. The van der Waals surface area contributed by atoms with Gasteiger partial charge in [-0.2, -0.15) is 0 Å². The Morgan fingerprint density at radius 3 is 2.30 bits per heavy atom. The number of likely N-dealkylation sites (tertiary alicyclic amines) is 1. The van der Waals surface area contributed by atoms with Crippen molar-refractivity contribution in [1.82, 2.24) is 19.6 Å². The first-order chi connectivity index (χ1) is 12.8. The molecule has 2 heterocycles. The summed E-state index contributed by atoms with van der Waals surface area (Å²) in [5, 5.41) is 0. The molecule has 27 heavy (non-hydrogen) atoms. The molecule has 2 fully saturated rings. The van der Waals surface area contributed by atoms with Crippen LogP contribution in [0.2, 0.25) is 0 Å². The molecule has 0 aliphatic carbocycles. The van der Waals surface area contributed by atoms with Crippen molar-refractivity contribution < 1.29 is 14.3 Å². The fourth-order valence-corrected chi connectivity index (χ4v) is 4.04. The molecule has 156 valence electrons. The highest BCUT2D eigenvalue weighted by atomic mass is 16.5. The van der Waals surface area contributed by atoms with Crippen LogP contribution in [0.5, 0.6) is 0 Å². The quantitative estimate of drug-likeness (QED) is 0.673. The van der Waals surface area contributed by atoms with Crippen LogP contribution < -0.4 is 0 Å². The molecule has 2 aliphatic heterocycles. The molecular formula is C20H38N4O3. The average Bonchev–Trinajstić information content (AvgIpc) is 3.11. The highest BCUT2D eigenvalue weighted by molar-refractivity contribution is 5.76. The Bertz CT molecular complexity index is 492. The van der Waals surface area contributed by atoms with Crippen molar-refractivity contribution in [2.24, 2.45) is 5.92 Å². The van der Waals surface area contributed by atoms with Gasteiger partial charge in [-0.25, -0.2) is 4.79 Å². The number of rotatable bonds is 7. The number of ether oxygens (including phenoxy) is 1. The molecule has 2 rings (SSSR count). The summed E-state index contributed by atoms with van der Waals surface area (Å²) < 4.78 is 5.55. The Morgan fingerprint density at radius 2 is 1.70 bits per heavy atom. The number of nitrogens with zero attached hydrogens (tertiary/aromatic N) is 4. The molecule has 7 nitrogen and oxygen atoms in total. The maximum absolute atomic E-state index is 12.3. The Hall–Kier alpha value is -1.34. The third-order valence-electron chi connectivity index (χ3n) is 5.65. The van der Waals surface area contributed by atoms with Crippen LogP contribution in [0.1, 0.15) is 39.5 Å². The van der Waals surface area contributed by atoms with Crippen molar-refractivity contribution >= 4 is 11.9 Å². The van der Waals surface area contributed by atoms with Crippen LogP contribution in [0, 0.1) is 5.92 Å². The monoisotopic (exact) mass is 382 g/mol. The molecule has 0 saturated carbocycles.